The fourth-order valence-electron chi connectivity index (χ4n) is 2.35. The van der Waals surface area contributed by atoms with Crippen molar-refractivity contribution < 1.29 is 4.92 Å². The van der Waals surface area contributed by atoms with Gasteiger partial charge in [-0.15, -0.1) is 0 Å². The molecule has 19 heavy (non-hydrogen) atoms. The maximum absolute atomic E-state index is 10.8. The Balaban J connectivity index is 1.94. The zero-order valence-corrected chi connectivity index (χ0v) is 11.0. The molecule has 1 aliphatic heterocycles. The topological polar surface area (TPSA) is 75.6 Å². The number of benzene rings is 1. The van der Waals surface area contributed by atoms with Crippen molar-refractivity contribution in [2.45, 2.75) is 6.42 Å². The number of rotatable bonds is 5. The van der Waals surface area contributed by atoms with E-state index in [2.05, 4.69) is 9.80 Å². The van der Waals surface area contributed by atoms with Gasteiger partial charge in [-0.25, -0.2) is 0 Å². The van der Waals surface area contributed by atoms with Crippen LogP contribution in [0.1, 0.15) is 6.42 Å². The summed E-state index contributed by atoms with van der Waals surface area (Å²) in [4.78, 5) is 15.0. The largest absolute Gasteiger partial charge is 0.369 e. The minimum atomic E-state index is -0.346. The molecule has 1 aliphatic rings. The van der Waals surface area contributed by atoms with Gasteiger partial charge in [0.15, 0.2) is 0 Å². The molecule has 1 aromatic carbocycles. The third kappa shape index (κ3) is 3.65. The van der Waals surface area contributed by atoms with Crippen molar-refractivity contribution in [3.05, 3.63) is 34.4 Å². The van der Waals surface area contributed by atoms with Crippen molar-refractivity contribution in [1.82, 2.24) is 4.90 Å². The van der Waals surface area contributed by atoms with E-state index in [1.807, 2.05) is 6.07 Å². The second-order valence-electron chi connectivity index (χ2n) is 4.75. The summed E-state index contributed by atoms with van der Waals surface area (Å²) < 4.78 is 0. The van der Waals surface area contributed by atoms with Crippen LogP contribution in [0.25, 0.3) is 0 Å². The lowest BCUT2D eigenvalue weighted by Crippen LogP contribution is -2.46. The van der Waals surface area contributed by atoms with E-state index in [0.717, 1.165) is 51.4 Å². The quantitative estimate of drug-likeness (QED) is 0.636. The molecular formula is C13H20N4O2. The van der Waals surface area contributed by atoms with Gasteiger partial charge in [0.1, 0.15) is 0 Å². The van der Waals surface area contributed by atoms with Gasteiger partial charge in [-0.3, -0.25) is 15.0 Å². The van der Waals surface area contributed by atoms with Crippen molar-refractivity contribution in [1.29, 1.82) is 0 Å². The van der Waals surface area contributed by atoms with E-state index < -0.39 is 0 Å². The van der Waals surface area contributed by atoms with Gasteiger partial charge in [-0.1, -0.05) is 6.07 Å². The molecule has 1 aromatic rings. The molecule has 1 fully saturated rings. The van der Waals surface area contributed by atoms with Gasteiger partial charge in [0, 0.05) is 44.0 Å². The first kappa shape index (κ1) is 13.8. The number of non-ortho nitro benzene ring substituents is 1. The zero-order chi connectivity index (χ0) is 13.7. The van der Waals surface area contributed by atoms with Crippen LogP contribution >= 0.6 is 0 Å². The van der Waals surface area contributed by atoms with E-state index in [-0.39, 0.29) is 10.6 Å². The number of nitrogens with two attached hydrogens (primary N) is 1. The summed E-state index contributed by atoms with van der Waals surface area (Å²) in [6.07, 6.45) is 1.02. The summed E-state index contributed by atoms with van der Waals surface area (Å²) in [7, 11) is 0. The highest BCUT2D eigenvalue weighted by Gasteiger charge is 2.18. The molecule has 2 rings (SSSR count). The average Bonchev–Trinajstić information content (AvgIpc) is 2.46. The highest BCUT2D eigenvalue weighted by atomic mass is 16.6. The van der Waals surface area contributed by atoms with Crippen LogP contribution in [0.5, 0.6) is 0 Å². The minimum absolute atomic E-state index is 0.156. The fourth-order valence-corrected chi connectivity index (χ4v) is 2.35. The highest BCUT2D eigenvalue weighted by molar-refractivity contribution is 5.53. The third-order valence-electron chi connectivity index (χ3n) is 3.46. The molecule has 0 bridgehead atoms. The summed E-state index contributed by atoms with van der Waals surface area (Å²) >= 11 is 0. The Hall–Kier alpha value is -1.66. The molecule has 0 spiro atoms. The van der Waals surface area contributed by atoms with E-state index in [1.54, 1.807) is 12.1 Å². The molecule has 0 radical (unpaired) electrons. The average molecular weight is 264 g/mol. The number of nitro benzene ring substituents is 1. The van der Waals surface area contributed by atoms with Crippen LogP contribution in [0.3, 0.4) is 0 Å². The van der Waals surface area contributed by atoms with Gasteiger partial charge in [-0.2, -0.15) is 0 Å². The second-order valence-corrected chi connectivity index (χ2v) is 4.75. The lowest BCUT2D eigenvalue weighted by atomic mass is 10.2. The fraction of sp³-hybridized carbons (Fsp3) is 0.538. The lowest BCUT2D eigenvalue weighted by Gasteiger charge is -2.36. The molecule has 0 aliphatic carbocycles. The Morgan fingerprint density at radius 2 is 2.00 bits per heavy atom. The molecule has 1 heterocycles. The van der Waals surface area contributed by atoms with E-state index in [1.165, 1.54) is 6.07 Å². The first-order valence-corrected chi connectivity index (χ1v) is 6.62. The van der Waals surface area contributed by atoms with Gasteiger partial charge in [0.25, 0.3) is 5.69 Å². The Morgan fingerprint density at radius 3 is 2.63 bits per heavy atom. The predicted molar refractivity (Wildman–Crippen MR) is 75.4 cm³/mol. The number of piperazine rings is 1. The Bertz CT molecular complexity index is 430. The monoisotopic (exact) mass is 264 g/mol. The SMILES string of the molecule is NCCCN1CCN(c2cccc([N+](=O)[O-])c2)CC1. The first-order valence-electron chi connectivity index (χ1n) is 6.62. The summed E-state index contributed by atoms with van der Waals surface area (Å²) in [5, 5.41) is 10.8. The van der Waals surface area contributed by atoms with Crippen LogP contribution in [0.2, 0.25) is 0 Å². The molecule has 0 aromatic heterocycles. The molecule has 1 saturated heterocycles. The van der Waals surface area contributed by atoms with Gasteiger partial charge >= 0.3 is 0 Å². The Labute approximate surface area is 112 Å². The summed E-state index contributed by atoms with van der Waals surface area (Å²) in [5.74, 6) is 0. The summed E-state index contributed by atoms with van der Waals surface area (Å²) in [6, 6.07) is 6.85. The molecule has 0 atom stereocenters. The highest BCUT2D eigenvalue weighted by Crippen LogP contribution is 2.22. The van der Waals surface area contributed by atoms with Crippen molar-refractivity contribution in [2.75, 3.05) is 44.2 Å². The molecule has 0 unspecified atom stereocenters. The molecule has 6 heteroatoms. The van der Waals surface area contributed by atoms with Crippen LogP contribution in [0, 0.1) is 10.1 Å². The van der Waals surface area contributed by atoms with Crippen LogP contribution in [-0.2, 0) is 0 Å². The summed E-state index contributed by atoms with van der Waals surface area (Å²) in [6.45, 7) is 5.56. The molecule has 0 saturated carbocycles. The normalized spacial score (nSPS) is 16.6. The third-order valence-corrected chi connectivity index (χ3v) is 3.46. The van der Waals surface area contributed by atoms with E-state index in [0.29, 0.717) is 0 Å². The molecular weight excluding hydrogens is 244 g/mol. The van der Waals surface area contributed by atoms with Gasteiger partial charge in [-0.05, 0) is 25.6 Å². The predicted octanol–water partition coefficient (Wildman–Crippen LogP) is 1.07. The number of hydrogen-bond acceptors (Lipinski definition) is 5. The number of nitro groups is 1. The zero-order valence-electron chi connectivity index (χ0n) is 11.0. The minimum Gasteiger partial charge on any atom is -0.369 e. The maximum atomic E-state index is 10.8. The van der Waals surface area contributed by atoms with Gasteiger partial charge in [0.05, 0.1) is 4.92 Å². The van der Waals surface area contributed by atoms with E-state index in [4.69, 9.17) is 5.73 Å². The number of anilines is 1. The van der Waals surface area contributed by atoms with Gasteiger partial charge < -0.3 is 10.6 Å². The van der Waals surface area contributed by atoms with Crippen LogP contribution < -0.4 is 10.6 Å². The Morgan fingerprint density at radius 1 is 1.26 bits per heavy atom. The maximum Gasteiger partial charge on any atom is 0.271 e. The Kier molecular flexibility index (Phi) is 4.70. The number of hydrogen-bond donors (Lipinski definition) is 1. The lowest BCUT2D eigenvalue weighted by molar-refractivity contribution is -0.384. The number of nitrogens with zero attached hydrogens (tertiary/aromatic N) is 3. The molecule has 0 amide bonds. The first-order chi connectivity index (χ1) is 9.20. The van der Waals surface area contributed by atoms with E-state index in [9.17, 15) is 10.1 Å². The standard InChI is InChI=1S/C13H20N4O2/c14-5-2-6-15-7-9-16(10-8-15)12-3-1-4-13(11-12)17(18)19/h1,3-4,11H,2,5-10,14H2. The van der Waals surface area contributed by atoms with E-state index >= 15 is 0 Å². The van der Waals surface area contributed by atoms with Crippen molar-refractivity contribution in [2.24, 2.45) is 5.73 Å². The van der Waals surface area contributed by atoms with Crippen LogP contribution in [0.4, 0.5) is 11.4 Å². The van der Waals surface area contributed by atoms with Crippen LogP contribution in [0.15, 0.2) is 24.3 Å². The second kappa shape index (κ2) is 6.49. The van der Waals surface area contributed by atoms with Crippen molar-refractivity contribution in [3.8, 4) is 0 Å². The molecule has 104 valence electrons. The molecule has 2 N–H and O–H groups in total. The molecule has 6 nitrogen and oxygen atoms in total. The van der Waals surface area contributed by atoms with Crippen molar-refractivity contribution in [3.63, 3.8) is 0 Å². The smallest absolute Gasteiger partial charge is 0.271 e. The van der Waals surface area contributed by atoms with Crippen LogP contribution in [-0.4, -0.2) is 49.1 Å². The van der Waals surface area contributed by atoms with Gasteiger partial charge in [0.2, 0.25) is 0 Å². The van der Waals surface area contributed by atoms with Crippen molar-refractivity contribution >= 4 is 11.4 Å². The summed E-state index contributed by atoms with van der Waals surface area (Å²) in [5.41, 5.74) is 6.60.